The lowest BCUT2D eigenvalue weighted by molar-refractivity contribution is -0.137. The Morgan fingerprint density at radius 2 is 1.81 bits per heavy atom. The van der Waals surface area contributed by atoms with E-state index in [4.69, 9.17) is 9.47 Å². The maximum atomic E-state index is 13.6. The minimum absolute atomic E-state index is 0.0876. The van der Waals surface area contributed by atoms with E-state index >= 15 is 0 Å². The van der Waals surface area contributed by atoms with Gasteiger partial charge >= 0.3 is 0 Å². The standard InChI is InChI=1S/C25H26N2O4/c28-23-16-25(14-13-18-7-3-1-4-8-18,24(29)26-19-9-5-2-6-10-19)27(23)20-11-12-21-22(15-20)31-17-30-21/h1,3-4,7-8,11-15,19H,2,5-6,9-10,16-17H2,(H,26,29). The third-order valence-corrected chi connectivity index (χ3v) is 6.37. The van der Waals surface area contributed by atoms with Crippen molar-refractivity contribution in [3.63, 3.8) is 0 Å². The molecule has 1 saturated heterocycles. The lowest BCUT2D eigenvalue weighted by Crippen LogP contribution is -2.70. The zero-order chi connectivity index (χ0) is 21.3. The van der Waals surface area contributed by atoms with Crippen LogP contribution in [0.15, 0.2) is 54.6 Å². The van der Waals surface area contributed by atoms with Crippen LogP contribution in [0.3, 0.4) is 0 Å². The van der Waals surface area contributed by atoms with Crippen molar-refractivity contribution < 1.29 is 19.1 Å². The SMILES string of the molecule is O=C1CC(C=Cc2ccccc2)(C(=O)NC2CCCCC2)N1c1ccc2c(c1)OCO2. The number of carbonyl (C=O) groups excluding carboxylic acids is 2. The summed E-state index contributed by atoms with van der Waals surface area (Å²) in [6.07, 6.45) is 9.38. The summed E-state index contributed by atoms with van der Waals surface area (Å²) < 4.78 is 10.9. The molecule has 1 N–H and O–H groups in total. The van der Waals surface area contributed by atoms with Gasteiger partial charge in [0.15, 0.2) is 17.0 Å². The molecule has 3 aliphatic rings. The lowest BCUT2D eigenvalue weighted by Gasteiger charge is -2.49. The van der Waals surface area contributed by atoms with Crippen LogP contribution in [0.1, 0.15) is 44.1 Å². The number of fused-ring (bicyclic) bond motifs is 1. The van der Waals surface area contributed by atoms with Crippen LogP contribution < -0.4 is 19.7 Å². The Balaban J connectivity index is 1.49. The molecule has 2 fully saturated rings. The van der Waals surface area contributed by atoms with Gasteiger partial charge in [-0.3, -0.25) is 14.5 Å². The molecule has 1 saturated carbocycles. The van der Waals surface area contributed by atoms with Gasteiger partial charge in [-0.15, -0.1) is 0 Å². The van der Waals surface area contributed by atoms with Crippen molar-refractivity contribution in [3.8, 4) is 11.5 Å². The van der Waals surface area contributed by atoms with Crippen LogP contribution in [-0.4, -0.2) is 30.2 Å². The quantitative estimate of drug-likeness (QED) is 0.744. The van der Waals surface area contributed by atoms with Gasteiger partial charge in [-0.25, -0.2) is 0 Å². The van der Waals surface area contributed by atoms with Crippen molar-refractivity contribution in [2.45, 2.75) is 50.1 Å². The summed E-state index contributed by atoms with van der Waals surface area (Å²) in [4.78, 5) is 28.0. The predicted octanol–water partition coefficient (Wildman–Crippen LogP) is 4.05. The molecule has 2 heterocycles. The maximum Gasteiger partial charge on any atom is 0.251 e. The summed E-state index contributed by atoms with van der Waals surface area (Å²) in [6.45, 7) is 0.161. The molecule has 2 aromatic rings. The molecular formula is C25H26N2O4. The lowest BCUT2D eigenvalue weighted by atomic mass is 9.80. The summed E-state index contributed by atoms with van der Waals surface area (Å²) in [5.74, 6) is 1.03. The van der Waals surface area contributed by atoms with E-state index in [1.165, 1.54) is 6.42 Å². The van der Waals surface area contributed by atoms with E-state index in [0.717, 1.165) is 31.2 Å². The number of amides is 2. The molecule has 31 heavy (non-hydrogen) atoms. The third-order valence-electron chi connectivity index (χ3n) is 6.37. The maximum absolute atomic E-state index is 13.6. The highest BCUT2D eigenvalue weighted by molar-refractivity contribution is 6.15. The molecule has 0 radical (unpaired) electrons. The first-order valence-corrected chi connectivity index (χ1v) is 10.9. The molecule has 0 aromatic heterocycles. The first-order chi connectivity index (χ1) is 15.2. The molecule has 160 valence electrons. The van der Waals surface area contributed by atoms with Gasteiger partial charge < -0.3 is 14.8 Å². The Morgan fingerprint density at radius 3 is 2.58 bits per heavy atom. The summed E-state index contributed by atoms with van der Waals surface area (Å²) in [7, 11) is 0. The number of anilines is 1. The highest BCUT2D eigenvalue weighted by atomic mass is 16.7. The predicted molar refractivity (Wildman–Crippen MR) is 118 cm³/mol. The summed E-state index contributed by atoms with van der Waals surface area (Å²) in [5.41, 5.74) is 0.562. The van der Waals surface area contributed by atoms with Crippen molar-refractivity contribution in [3.05, 3.63) is 60.2 Å². The molecule has 2 aliphatic heterocycles. The number of nitrogens with one attached hydrogen (secondary N) is 1. The number of hydrogen-bond donors (Lipinski definition) is 1. The van der Waals surface area contributed by atoms with E-state index < -0.39 is 5.54 Å². The topological polar surface area (TPSA) is 67.9 Å². The number of ether oxygens (including phenoxy) is 2. The minimum Gasteiger partial charge on any atom is -0.454 e. The van der Waals surface area contributed by atoms with Gasteiger partial charge in [-0.1, -0.05) is 55.7 Å². The van der Waals surface area contributed by atoms with Crippen LogP contribution in [0.2, 0.25) is 0 Å². The van der Waals surface area contributed by atoms with E-state index in [-0.39, 0.29) is 31.1 Å². The van der Waals surface area contributed by atoms with Crippen LogP contribution in [0, 0.1) is 0 Å². The van der Waals surface area contributed by atoms with Crippen molar-refractivity contribution in [2.75, 3.05) is 11.7 Å². The fraction of sp³-hybridized carbons (Fsp3) is 0.360. The Morgan fingerprint density at radius 1 is 1.03 bits per heavy atom. The second-order valence-corrected chi connectivity index (χ2v) is 8.42. The van der Waals surface area contributed by atoms with Crippen LogP contribution in [0.4, 0.5) is 5.69 Å². The largest absolute Gasteiger partial charge is 0.454 e. The summed E-state index contributed by atoms with van der Waals surface area (Å²) in [5, 5.41) is 3.23. The van der Waals surface area contributed by atoms with Crippen LogP contribution in [0.5, 0.6) is 11.5 Å². The van der Waals surface area contributed by atoms with Crippen LogP contribution in [0.25, 0.3) is 6.08 Å². The first-order valence-electron chi connectivity index (χ1n) is 10.9. The molecule has 1 unspecified atom stereocenters. The van der Waals surface area contributed by atoms with Gasteiger partial charge in [0.25, 0.3) is 5.91 Å². The average molecular weight is 418 g/mol. The smallest absolute Gasteiger partial charge is 0.251 e. The van der Waals surface area contributed by atoms with Crippen LogP contribution >= 0.6 is 0 Å². The van der Waals surface area contributed by atoms with Gasteiger partial charge in [0.1, 0.15) is 0 Å². The van der Waals surface area contributed by atoms with E-state index in [0.29, 0.717) is 17.2 Å². The van der Waals surface area contributed by atoms with E-state index in [2.05, 4.69) is 5.32 Å². The zero-order valence-corrected chi connectivity index (χ0v) is 17.4. The van der Waals surface area contributed by atoms with Crippen molar-refractivity contribution in [2.24, 2.45) is 0 Å². The Bertz CT molecular complexity index is 1010. The Hall–Kier alpha value is -3.28. The normalized spacial score (nSPS) is 23.1. The van der Waals surface area contributed by atoms with E-state index in [9.17, 15) is 9.59 Å². The van der Waals surface area contributed by atoms with Gasteiger partial charge in [-0.05, 0) is 36.6 Å². The molecule has 6 heteroatoms. The zero-order valence-electron chi connectivity index (χ0n) is 17.4. The molecule has 6 nitrogen and oxygen atoms in total. The number of carbonyl (C=O) groups is 2. The molecule has 2 amide bonds. The number of rotatable bonds is 5. The van der Waals surface area contributed by atoms with Gasteiger partial charge in [-0.2, -0.15) is 0 Å². The molecule has 1 atom stereocenters. The van der Waals surface area contributed by atoms with Crippen molar-refractivity contribution in [1.29, 1.82) is 0 Å². The molecule has 1 aliphatic carbocycles. The number of benzene rings is 2. The number of nitrogens with zero attached hydrogens (tertiary/aromatic N) is 1. The number of hydrogen-bond acceptors (Lipinski definition) is 4. The highest BCUT2D eigenvalue weighted by Gasteiger charge is 2.56. The average Bonchev–Trinajstić information content (AvgIpc) is 3.25. The highest BCUT2D eigenvalue weighted by Crippen LogP contribution is 2.43. The Labute approximate surface area is 181 Å². The molecular weight excluding hydrogens is 392 g/mol. The van der Waals surface area contributed by atoms with E-state index in [1.54, 1.807) is 17.0 Å². The van der Waals surface area contributed by atoms with Crippen molar-refractivity contribution >= 4 is 23.6 Å². The Kier molecular flexibility index (Phi) is 5.14. The van der Waals surface area contributed by atoms with E-state index in [1.807, 2.05) is 48.6 Å². The van der Waals surface area contributed by atoms with Crippen LogP contribution in [-0.2, 0) is 9.59 Å². The fourth-order valence-electron chi connectivity index (χ4n) is 4.67. The van der Waals surface area contributed by atoms with Crippen molar-refractivity contribution in [1.82, 2.24) is 5.32 Å². The second-order valence-electron chi connectivity index (χ2n) is 8.42. The van der Waals surface area contributed by atoms with Gasteiger partial charge in [0.2, 0.25) is 12.7 Å². The molecule has 0 spiro atoms. The minimum atomic E-state index is -1.06. The third kappa shape index (κ3) is 3.67. The fourth-order valence-corrected chi connectivity index (χ4v) is 4.67. The van der Waals surface area contributed by atoms with Gasteiger partial charge in [0, 0.05) is 17.8 Å². The monoisotopic (exact) mass is 418 g/mol. The second kappa shape index (κ2) is 8.10. The van der Waals surface area contributed by atoms with Gasteiger partial charge in [0.05, 0.1) is 6.42 Å². The number of β-lactam (4-membered cyclic amide) rings is 1. The first kappa shape index (κ1) is 19.7. The summed E-state index contributed by atoms with van der Waals surface area (Å²) in [6, 6.07) is 15.4. The molecule has 2 aromatic carbocycles. The summed E-state index contributed by atoms with van der Waals surface area (Å²) >= 11 is 0. The molecule has 5 rings (SSSR count). The molecule has 0 bridgehead atoms.